The second-order valence-electron chi connectivity index (χ2n) is 17.8. The summed E-state index contributed by atoms with van der Waals surface area (Å²) in [6, 6.07) is 10.2. The Morgan fingerprint density at radius 1 is 0.917 bits per heavy atom. The molecule has 4 fully saturated rings. The normalized spacial score (nSPS) is 24.9. The molecule has 308 valence electrons. The van der Waals surface area contributed by atoms with Crippen molar-refractivity contribution >= 4 is 52.5 Å². The van der Waals surface area contributed by atoms with Gasteiger partial charge in [-0.15, -0.1) is 0 Å². The van der Waals surface area contributed by atoms with Crippen molar-refractivity contribution in [3.05, 3.63) is 92.8 Å². The summed E-state index contributed by atoms with van der Waals surface area (Å²) in [7, 11) is 0. The predicted molar refractivity (Wildman–Crippen MR) is 218 cm³/mol. The van der Waals surface area contributed by atoms with Gasteiger partial charge >= 0.3 is 0 Å². The summed E-state index contributed by atoms with van der Waals surface area (Å²) in [4.78, 5) is 79.5. The molecule has 1 aromatic heterocycles. The molecular weight excluding hydrogens is 789 g/mol. The number of likely N-dealkylation sites (tertiary alicyclic amines) is 1. The van der Waals surface area contributed by atoms with Crippen molar-refractivity contribution in [1.29, 1.82) is 0 Å². The zero-order valence-electron chi connectivity index (χ0n) is 33.7. The summed E-state index contributed by atoms with van der Waals surface area (Å²) in [5, 5.41) is 2.52. The van der Waals surface area contributed by atoms with Crippen molar-refractivity contribution in [1.82, 2.24) is 25.0 Å². The topological polar surface area (TPSA) is 137 Å². The second kappa shape index (κ2) is 14.4. The van der Waals surface area contributed by atoms with Crippen LogP contribution in [0.3, 0.4) is 0 Å². The minimum Gasteiger partial charge on any atom is -0.489 e. The Kier molecular flexibility index (Phi) is 9.52. The van der Waals surface area contributed by atoms with Gasteiger partial charge in [-0.25, -0.2) is 14.2 Å². The van der Waals surface area contributed by atoms with Crippen LogP contribution in [0.1, 0.15) is 95.8 Å². The Bertz CT molecular complexity index is 2490. The first-order chi connectivity index (χ1) is 28.6. The van der Waals surface area contributed by atoms with Crippen molar-refractivity contribution < 1.29 is 33.1 Å². The molecule has 60 heavy (non-hydrogen) atoms. The fraction of sp³-hybridized carbons (Fsp3) is 0.444. The molecule has 1 N–H and O–H groups in total. The van der Waals surface area contributed by atoms with Crippen LogP contribution in [0.4, 0.5) is 15.8 Å². The first kappa shape index (κ1) is 39.6. The average Bonchev–Trinajstić information content (AvgIpc) is 3.62. The van der Waals surface area contributed by atoms with Gasteiger partial charge in [-0.3, -0.25) is 39.1 Å². The quantitative estimate of drug-likeness (QED) is 0.191. The van der Waals surface area contributed by atoms with Gasteiger partial charge < -0.3 is 14.5 Å². The van der Waals surface area contributed by atoms with E-state index < -0.39 is 35.5 Å². The van der Waals surface area contributed by atoms with Gasteiger partial charge in [0.1, 0.15) is 29.4 Å². The minimum absolute atomic E-state index is 0.00911. The first-order valence-corrected chi connectivity index (χ1v) is 20.6. The standard InChI is InChI=1S/C45H43ClFN7O6/c1-44(2)42(45(3,4)43(44)60-27-9-11-33(48-5)31(46)18-27)53-23-34-28(39(53)57)10-8-25(49-34)7-6-24-14-16-51(17-15-24)26-21-52(22-26)36-20-30-29(19-32(36)47)40(58)54(41(30)59)35-12-13-37(55)50-38(35)56/h8-11,18-20,24,26,35,42-43H,12-17,21-23H2,1-4H3,(H,50,55,56). The van der Waals surface area contributed by atoms with Crippen LogP contribution < -0.4 is 15.0 Å². The van der Waals surface area contributed by atoms with E-state index in [1.165, 1.54) is 6.07 Å². The molecule has 3 saturated heterocycles. The highest BCUT2D eigenvalue weighted by Crippen LogP contribution is 2.59. The van der Waals surface area contributed by atoms with E-state index in [2.05, 4.69) is 54.6 Å². The van der Waals surface area contributed by atoms with Crippen LogP contribution in [0.15, 0.2) is 42.5 Å². The van der Waals surface area contributed by atoms with Crippen molar-refractivity contribution in [2.45, 2.75) is 84.2 Å². The van der Waals surface area contributed by atoms with Crippen LogP contribution in [0.2, 0.25) is 5.02 Å². The number of hydrogen-bond acceptors (Lipinski definition) is 9. The molecule has 0 spiro atoms. The molecule has 5 amide bonds. The van der Waals surface area contributed by atoms with Gasteiger partial charge in [-0.1, -0.05) is 51.3 Å². The molecule has 1 aliphatic carbocycles. The van der Waals surface area contributed by atoms with Gasteiger partial charge in [0.2, 0.25) is 17.5 Å². The van der Waals surface area contributed by atoms with E-state index in [9.17, 15) is 24.0 Å². The second-order valence-corrected chi connectivity index (χ2v) is 18.2. The number of halogens is 2. The molecule has 3 aromatic rings. The number of rotatable bonds is 6. The van der Waals surface area contributed by atoms with Crippen molar-refractivity contribution in [2.75, 3.05) is 31.1 Å². The number of imide groups is 2. The van der Waals surface area contributed by atoms with Crippen LogP contribution in [0.25, 0.3) is 4.85 Å². The van der Waals surface area contributed by atoms with E-state index in [4.69, 9.17) is 27.9 Å². The SMILES string of the molecule is [C-]#[N+]c1ccc(OC2C(C)(C)C(N3Cc4nc(C#CC5CCN(C6CN(c7cc8c(cc7F)C(=O)N(C7CCC(=O)NC7=O)C8=O)C6)CC5)ccc4C3=O)C2(C)C)cc1Cl. The number of nitrogens with zero attached hydrogens (tertiary/aromatic N) is 6. The van der Waals surface area contributed by atoms with E-state index in [1.54, 1.807) is 18.2 Å². The Morgan fingerprint density at radius 3 is 2.28 bits per heavy atom. The third kappa shape index (κ3) is 6.39. The lowest BCUT2D eigenvalue weighted by atomic mass is 9.49. The lowest BCUT2D eigenvalue weighted by Gasteiger charge is -2.65. The molecule has 1 atom stereocenters. The van der Waals surface area contributed by atoms with Gasteiger partial charge in [-0.2, -0.15) is 0 Å². The Hall–Kier alpha value is -5.83. The van der Waals surface area contributed by atoms with Gasteiger partial charge in [-0.05, 0) is 74.7 Å². The van der Waals surface area contributed by atoms with Crippen LogP contribution >= 0.6 is 11.6 Å². The predicted octanol–water partition coefficient (Wildman–Crippen LogP) is 5.62. The summed E-state index contributed by atoms with van der Waals surface area (Å²) in [5.41, 5.74) is 1.77. The van der Waals surface area contributed by atoms with Crippen molar-refractivity contribution in [3.63, 3.8) is 0 Å². The third-order valence-electron chi connectivity index (χ3n) is 13.3. The summed E-state index contributed by atoms with van der Waals surface area (Å²) >= 11 is 6.29. The number of amides is 5. The molecule has 5 aliphatic heterocycles. The number of carbonyl (C=O) groups is 5. The Morgan fingerprint density at radius 2 is 1.62 bits per heavy atom. The van der Waals surface area contributed by atoms with Crippen molar-refractivity contribution in [3.8, 4) is 17.6 Å². The van der Waals surface area contributed by atoms with Crippen LogP contribution in [0.5, 0.6) is 5.75 Å². The summed E-state index contributed by atoms with van der Waals surface area (Å²) in [5.74, 6) is 4.24. The highest BCUT2D eigenvalue weighted by molar-refractivity contribution is 6.33. The number of hydrogen-bond donors (Lipinski definition) is 1. The molecule has 15 heteroatoms. The van der Waals surface area contributed by atoms with Gasteiger partial charge in [0, 0.05) is 48.3 Å². The molecular formula is C45H43ClFN7O6. The number of benzene rings is 2. The van der Waals surface area contributed by atoms with Gasteiger partial charge in [0.15, 0.2) is 0 Å². The van der Waals surface area contributed by atoms with Crippen LogP contribution in [-0.4, -0.2) is 99.6 Å². The smallest absolute Gasteiger partial charge is 0.262 e. The number of nitrogens with one attached hydrogen (secondary N) is 1. The molecule has 13 nitrogen and oxygen atoms in total. The maximum Gasteiger partial charge on any atom is 0.262 e. The number of fused-ring (bicyclic) bond motifs is 2. The van der Waals surface area contributed by atoms with E-state index in [0.29, 0.717) is 47.4 Å². The zero-order valence-corrected chi connectivity index (χ0v) is 34.4. The molecule has 1 unspecified atom stereocenters. The maximum atomic E-state index is 15.4. The number of carbonyl (C=O) groups excluding carboxylic acids is 5. The number of aromatic nitrogens is 1. The number of anilines is 1. The maximum absolute atomic E-state index is 15.4. The molecule has 0 radical (unpaired) electrons. The van der Waals surface area contributed by atoms with Crippen LogP contribution in [-0.2, 0) is 16.1 Å². The number of ether oxygens (including phenoxy) is 1. The molecule has 6 heterocycles. The third-order valence-corrected chi connectivity index (χ3v) is 13.6. The van der Waals surface area contributed by atoms with Crippen LogP contribution in [0, 0.1) is 41.0 Å². The molecule has 9 rings (SSSR count). The Balaban J connectivity index is 0.786. The largest absolute Gasteiger partial charge is 0.489 e. The number of piperidine rings is 2. The van der Waals surface area contributed by atoms with E-state index in [0.717, 1.165) is 42.6 Å². The first-order valence-electron chi connectivity index (χ1n) is 20.3. The summed E-state index contributed by atoms with van der Waals surface area (Å²) in [6.07, 6.45) is 1.57. The van der Waals surface area contributed by atoms with E-state index in [-0.39, 0.29) is 70.5 Å². The summed E-state index contributed by atoms with van der Waals surface area (Å²) in [6.45, 7) is 18.9. The van der Waals surface area contributed by atoms with Gasteiger partial charge in [0.05, 0.1) is 46.2 Å². The highest BCUT2D eigenvalue weighted by atomic mass is 35.5. The average molecular weight is 832 g/mol. The van der Waals surface area contributed by atoms with E-state index in [1.807, 2.05) is 21.9 Å². The molecule has 0 bridgehead atoms. The lowest BCUT2D eigenvalue weighted by molar-refractivity contribution is -0.199. The monoisotopic (exact) mass is 831 g/mol. The molecule has 1 saturated carbocycles. The summed E-state index contributed by atoms with van der Waals surface area (Å²) < 4.78 is 21.8. The zero-order chi connectivity index (χ0) is 42.4. The Labute approximate surface area is 352 Å². The van der Waals surface area contributed by atoms with Crippen molar-refractivity contribution in [2.24, 2.45) is 16.7 Å². The van der Waals surface area contributed by atoms with Gasteiger partial charge in [0.25, 0.3) is 17.7 Å². The lowest BCUT2D eigenvalue weighted by Crippen LogP contribution is -2.74. The molecule has 6 aliphatic rings. The highest BCUT2D eigenvalue weighted by Gasteiger charge is 2.67. The van der Waals surface area contributed by atoms with E-state index >= 15 is 4.39 Å². The fourth-order valence-corrected chi connectivity index (χ4v) is 10.9. The fourth-order valence-electron chi connectivity index (χ4n) is 10.7. The molecule has 2 aromatic carbocycles. The number of pyridine rings is 1. The minimum atomic E-state index is -1.11.